The Morgan fingerprint density at radius 2 is 1.81 bits per heavy atom. The van der Waals surface area contributed by atoms with Crippen LogP contribution in [0.15, 0.2) is 30.6 Å². The van der Waals surface area contributed by atoms with Gasteiger partial charge in [-0.3, -0.25) is 14.2 Å². The van der Waals surface area contributed by atoms with E-state index in [1.165, 1.54) is 10.9 Å². The lowest BCUT2D eigenvalue weighted by atomic mass is 10.1. The van der Waals surface area contributed by atoms with Crippen molar-refractivity contribution in [3.63, 3.8) is 0 Å². The van der Waals surface area contributed by atoms with Gasteiger partial charge in [0.15, 0.2) is 23.8 Å². The lowest BCUT2D eigenvalue weighted by Crippen LogP contribution is -2.42. The van der Waals surface area contributed by atoms with E-state index in [1.54, 1.807) is 6.92 Å². The van der Waals surface area contributed by atoms with E-state index in [1.807, 2.05) is 24.3 Å². The van der Waals surface area contributed by atoms with Crippen molar-refractivity contribution in [2.24, 2.45) is 0 Å². The normalized spacial score (nSPS) is 21.5. The van der Waals surface area contributed by atoms with Crippen molar-refractivity contribution >= 4 is 34.8 Å². The van der Waals surface area contributed by atoms with Crippen molar-refractivity contribution in [3.05, 3.63) is 41.7 Å². The highest BCUT2D eigenvalue weighted by Gasteiger charge is 2.47. The number of likely N-dealkylation sites (N-methyl/N-ethyl adjacent to an activating group) is 1. The number of imidazole rings is 1. The maximum Gasteiger partial charge on any atom is 0.303 e. The van der Waals surface area contributed by atoms with Gasteiger partial charge in [0, 0.05) is 19.5 Å². The first-order valence-electron chi connectivity index (χ1n) is 11.6. The number of carboxylic acid groups (broad SMARTS) is 1. The quantitative estimate of drug-likeness (QED) is 0.217. The molecule has 0 radical (unpaired) electrons. The summed E-state index contributed by atoms with van der Waals surface area (Å²) in [7, 11) is 0. The number of aryl methyl sites for hydroxylation is 1. The summed E-state index contributed by atoms with van der Waals surface area (Å²) in [6.45, 7) is 2.59. The summed E-state index contributed by atoms with van der Waals surface area (Å²) in [4.78, 5) is 35.8. The minimum absolute atomic E-state index is 0.0905. The van der Waals surface area contributed by atoms with Crippen LogP contribution in [0.3, 0.4) is 0 Å². The molecule has 0 saturated carbocycles. The van der Waals surface area contributed by atoms with E-state index in [0.29, 0.717) is 31.4 Å². The molecule has 1 saturated heterocycles. The van der Waals surface area contributed by atoms with Gasteiger partial charge < -0.3 is 36.4 Å². The monoisotopic (exact) mass is 499 g/mol. The zero-order valence-electron chi connectivity index (χ0n) is 19.7. The van der Waals surface area contributed by atoms with E-state index in [0.717, 1.165) is 11.1 Å². The van der Waals surface area contributed by atoms with Crippen LogP contribution in [0.25, 0.3) is 11.2 Å². The molecule has 1 aliphatic heterocycles. The molecule has 0 spiro atoms. The zero-order chi connectivity index (χ0) is 25.8. The molecule has 3 heterocycles. The molecule has 1 aliphatic rings. The number of rotatable bonds is 10. The first-order chi connectivity index (χ1) is 17.3. The number of carboxylic acids is 1. The molecule has 1 aromatic carbocycles. The summed E-state index contributed by atoms with van der Waals surface area (Å²) in [6.07, 6.45) is -2.56. The highest BCUT2D eigenvalue weighted by Crippen LogP contribution is 2.32. The maximum atomic E-state index is 12.2. The Bertz CT molecular complexity index is 1230. The third-order valence-corrected chi connectivity index (χ3v) is 5.92. The number of aliphatic hydroxyl groups excluding tert-OH is 2. The number of amides is 1. The summed E-state index contributed by atoms with van der Waals surface area (Å²) >= 11 is 0. The van der Waals surface area contributed by atoms with Gasteiger partial charge in [0.2, 0.25) is 5.95 Å². The Kier molecular flexibility index (Phi) is 7.62. The first-order valence-corrected chi connectivity index (χ1v) is 11.6. The number of aromatic nitrogens is 4. The number of fused-ring (bicyclic) bond motifs is 1. The lowest BCUT2D eigenvalue weighted by molar-refractivity contribution is -0.138. The van der Waals surface area contributed by atoms with E-state index >= 15 is 0 Å². The number of nitrogens with zero attached hydrogens (tertiary/aromatic N) is 4. The predicted molar refractivity (Wildman–Crippen MR) is 129 cm³/mol. The van der Waals surface area contributed by atoms with Crippen molar-refractivity contribution in [1.29, 1.82) is 0 Å². The minimum atomic E-state index is -1.42. The maximum absolute atomic E-state index is 12.2. The fourth-order valence-corrected chi connectivity index (χ4v) is 4.03. The standard InChI is InChI=1S/C23H29N7O6/c1-2-25-21(35)18-16(33)17(34)22(36-18)30-11-27-15-19(24)28-23(29-20(15)30)26-10-9-13-5-3-12(4-6-13)7-8-14(31)32/h3-6,11,16-18,22,33-34H,2,7-10H2,1H3,(H,25,35)(H,31,32)(H3,24,26,28,29)/t16-,17-,18+,22-/m0/s1. The molecule has 0 aliphatic carbocycles. The molecule has 1 fully saturated rings. The summed E-state index contributed by atoms with van der Waals surface area (Å²) in [5, 5.41) is 35.4. The number of carbonyl (C=O) groups is 2. The van der Waals surface area contributed by atoms with E-state index < -0.39 is 36.4 Å². The Labute approximate surface area is 206 Å². The number of ether oxygens (including phenoxy) is 1. The topological polar surface area (TPSA) is 198 Å². The predicted octanol–water partition coefficient (Wildman–Crippen LogP) is -0.164. The molecule has 2 aromatic heterocycles. The molecule has 13 nitrogen and oxygen atoms in total. The number of hydrogen-bond acceptors (Lipinski definition) is 10. The van der Waals surface area contributed by atoms with Crippen LogP contribution in [0, 0.1) is 0 Å². The molecule has 4 rings (SSSR count). The van der Waals surface area contributed by atoms with Crippen LogP contribution in [0.1, 0.15) is 30.7 Å². The van der Waals surface area contributed by atoms with Crippen LogP contribution in [-0.4, -0.2) is 78.1 Å². The number of aliphatic carboxylic acids is 1. The number of aliphatic hydroxyl groups is 2. The van der Waals surface area contributed by atoms with Crippen molar-refractivity contribution in [2.45, 2.75) is 50.7 Å². The Morgan fingerprint density at radius 3 is 2.47 bits per heavy atom. The van der Waals surface area contributed by atoms with Gasteiger partial charge in [-0.15, -0.1) is 0 Å². The largest absolute Gasteiger partial charge is 0.481 e. The average Bonchev–Trinajstić information content (AvgIpc) is 3.40. The molecule has 13 heteroatoms. The molecule has 36 heavy (non-hydrogen) atoms. The second kappa shape index (κ2) is 10.8. The van der Waals surface area contributed by atoms with E-state index in [-0.39, 0.29) is 23.8 Å². The number of nitrogens with two attached hydrogens (primary N) is 1. The third kappa shape index (κ3) is 5.37. The van der Waals surface area contributed by atoms with Gasteiger partial charge in [-0.2, -0.15) is 9.97 Å². The van der Waals surface area contributed by atoms with Crippen molar-refractivity contribution < 1.29 is 29.6 Å². The second-order valence-corrected chi connectivity index (χ2v) is 8.47. The van der Waals surface area contributed by atoms with Crippen molar-refractivity contribution in [1.82, 2.24) is 24.8 Å². The SMILES string of the molecule is CCNC(=O)[C@@H]1O[C@H](n2cnc3c(N)nc(NCCc4ccc(CCC(=O)O)cc4)nc32)[C@@H](O)[C@@H]1O. The van der Waals surface area contributed by atoms with Gasteiger partial charge in [-0.1, -0.05) is 24.3 Å². The van der Waals surface area contributed by atoms with E-state index in [9.17, 15) is 19.8 Å². The number of nitrogens with one attached hydrogen (secondary N) is 2. The molecule has 3 aromatic rings. The highest BCUT2D eigenvalue weighted by atomic mass is 16.6. The summed E-state index contributed by atoms with van der Waals surface area (Å²) < 4.78 is 7.09. The average molecular weight is 500 g/mol. The van der Waals surface area contributed by atoms with Gasteiger partial charge in [-0.25, -0.2) is 4.98 Å². The van der Waals surface area contributed by atoms with Gasteiger partial charge in [-0.05, 0) is 30.9 Å². The van der Waals surface area contributed by atoms with Crippen molar-refractivity contribution in [2.75, 3.05) is 24.1 Å². The highest BCUT2D eigenvalue weighted by molar-refractivity contribution is 5.83. The Morgan fingerprint density at radius 1 is 1.11 bits per heavy atom. The van der Waals surface area contributed by atoms with Gasteiger partial charge in [0.05, 0.1) is 6.33 Å². The third-order valence-electron chi connectivity index (χ3n) is 5.92. The fourth-order valence-electron chi connectivity index (χ4n) is 4.03. The smallest absolute Gasteiger partial charge is 0.303 e. The van der Waals surface area contributed by atoms with Crippen LogP contribution >= 0.6 is 0 Å². The Hall–Kier alpha value is -3.81. The number of anilines is 2. The van der Waals surface area contributed by atoms with Crippen LogP contribution in [0.4, 0.5) is 11.8 Å². The lowest BCUT2D eigenvalue weighted by Gasteiger charge is -2.16. The molecular formula is C23H29N7O6. The zero-order valence-corrected chi connectivity index (χ0v) is 19.7. The first kappa shape index (κ1) is 25.3. The molecule has 4 atom stereocenters. The second-order valence-electron chi connectivity index (χ2n) is 8.47. The van der Waals surface area contributed by atoms with Crippen LogP contribution < -0.4 is 16.4 Å². The van der Waals surface area contributed by atoms with Gasteiger partial charge in [0.25, 0.3) is 5.91 Å². The number of carbonyl (C=O) groups excluding carboxylic acids is 1. The van der Waals surface area contributed by atoms with E-state index in [4.69, 9.17) is 15.6 Å². The van der Waals surface area contributed by atoms with Crippen LogP contribution in [-0.2, 0) is 27.2 Å². The molecule has 0 unspecified atom stereocenters. The van der Waals surface area contributed by atoms with Crippen LogP contribution in [0.5, 0.6) is 0 Å². The molecule has 7 N–H and O–H groups in total. The molecule has 0 bridgehead atoms. The van der Waals surface area contributed by atoms with Gasteiger partial charge in [0.1, 0.15) is 17.7 Å². The van der Waals surface area contributed by atoms with Gasteiger partial charge >= 0.3 is 5.97 Å². The molecule has 1 amide bonds. The van der Waals surface area contributed by atoms with Crippen LogP contribution in [0.2, 0.25) is 0 Å². The fraction of sp³-hybridized carbons (Fsp3) is 0.435. The number of benzene rings is 1. The van der Waals surface area contributed by atoms with E-state index in [2.05, 4.69) is 25.6 Å². The molecule has 192 valence electrons. The summed E-state index contributed by atoms with van der Waals surface area (Å²) in [5.41, 5.74) is 8.65. The number of nitrogen functional groups attached to an aromatic ring is 1. The summed E-state index contributed by atoms with van der Waals surface area (Å²) in [6, 6.07) is 7.71. The van der Waals surface area contributed by atoms with Crippen molar-refractivity contribution in [3.8, 4) is 0 Å². The number of hydrogen-bond donors (Lipinski definition) is 6. The minimum Gasteiger partial charge on any atom is -0.481 e. The summed E-state index contributed by atoms with van der Waals surface area (Å²) in [5.74, 6) is -0.985. The Balaban J connectivity index is 1.45. The molecular weight excluding hydrogens is 470 g/mol.